The fourth-order valence-electron chi connectivity index (χ4n) is 3.98. The molecule has 0 aromatic heterocycles. The topological polar surface area (TPSA) is 26.7 Å². The van der Waals surface area contributed by atoms with Crippen molar-refractivity contribution in [1.82, 2.24) is 9.80 Å². The standard InChI is InChI=1S/C19H22N2O/c1-20-10-11-21-12-17(16-8-4-5-9-19(16)22)14-6-2-3-7-15(14)18(21)13-20/h2-9,17-18,22H,10-13H2,1H3/t17-,18+/m1/s1. The lowest BCUT2D eigenvalue weighted by molar-refractivity contribution is 0.0770. The quantitative estimate of drug-likeness (QED) is 0.876. The predicted molar refractivity (Wildman–Crippen MR) is 88.2 cm³/mol. The Morgan fingerprint density at radius 3 is 2.32 bits per heavy atom. The first-order valence-corrected chi connectivity index (χ1v) is 8.03. The minimum absolute atomic E-state index is 0.261. The Hall–Kier alpha value is -1.84. The summed E-state index contributed by atoms with van der Waals surface area (Å²) >= 11 is 0. The number of fused-ring (bicyclic) bond motifs is 3. The second-order valence-electron chi connectivity index (χ2n) is 6.51. The highest BCUT2D eigenvalue weighted by Crippen LogP contribution is 2.42. The lowest BCUT2D eigenvalue weighted by Crippen LogP contribution is -2.50. The summed E-state index contributed by atoms with van der Waals surface area (Å²) in [6.45, 7) is 4.29. The van der Waals surface area contributed by atoms with Gasteiger partial charge in [0.05, 0.1) is 0 Å². The fraction of sp³-hybridized carbons (Fsp3) is 0.368. The van der Waals surface area contributed by atoms with Crippen molar-refractivity contribution < 1.29 is 5.11 Å². The van der Waals surface area contributed by atoms with E-state index in [-0.39, 0.29) is 5.92 Å². The van der Waals surface area contributed by atoms with Gasteiger partial charge in [-0.15, -0.1) is 0 Å². The number of aromatic hydroxyl groups is 1. The predicted octanol–water partition coefficient (Wildman–Crippen LogP) is 2.83. The minimum Gasteiger partial charge on any atom is -0.508 e. The van der Waals surface area contributed by atoms with Gasteiger partial charge in [-0.1, -0.05) is 42.5 Å². The zero-order valence-corrected chi connectivity index (χ0v) is 12.9. The lowest BCUT2D eigenvalue weighted by atomic mass is 9.80. The monoisotopic (exact) mass is 294 g/mol. The largest absolute Gasteiger partial charge is 0.508 e. The molecule has 0 aliphatic carbocycles. The molecule has 0 saturated carbocycles. The SMILES string of the molecule is CN1CCN2C[C@@H](c3ccccc3O)c3ccccc3[C@@H]2C1. The molecule has 2 aromatic carbocycles. The van der Waals surface area contributed by atoms with Crippen LogP contribution in [0.15, 0.2) is 48.5 Å². The summed E-state index contributed by atoms with van der Waals surface area (Å²) in [6, 6.07) is 17.0. The van der Waals surface area contributed by atoms with E-state index >= 15 is 0 Å². The third-order valence-electron chi connectivity index (χ3n) is 5.15. The maximum atomic E-state index is 10.3. The third kappa shape index (κ3) is 2.21. The van der Waals surface area contributed by atoms with Crippen LogP contribution in [-0.2, 0) is 0 Å². The number of likely N-dealkylation sites (N-methyl/N-ethyl adjacent to an activating group) is 1. The molecule has 2 aliphatic rings. The summed E-state index contributed by atoms with van der Waals surface area (Å²) in [6.07, 6.45) is 0. The van der Waals surface area contributed by atoms with Crippen molar-refractivity contribution in [2.24, 2.45) is 0 Å². The molecule has 1 saturated heterocycles. The average Bonchev–Trinajstić information content (AvgIpc) is 2.55. The van der Waals surface area contributed by atoms with Gasteiger partial charge in [-0.2, -0.15) is 0 Å². The summed E-state index contributed by atoms with van der Waals surface area (Å²) in [5.74, 6) is 0.673. The van der Waals surface area contributed by atoms with E-state index in [1.165, 1.54) is 11.1 Å². The number of rotatable bonds is 1. The highest BCUT2D eigenvalue weighted by molar-refractivity contribution is 5.47. The van der Waals surface area contributed by atoms with E-state index in [2.05, 4.69) is 47.2 Å². The van der Waals surface area contributed by atoms with Crippen LogP contribution in [0.5, 0.6) is 5.75 Å². The number of hydrogen-bond acceptors (Lipinski definition) is 3. The van der Waals surface area contributed by atoms with Gasteiger partial charge in [0, 0.05) is 43.7 Å². The van der Waals surface area contributed by atoms with Gasteiger partial charge in [0.2, 0.25) is 0 Å². The van der Waals surface area contributed by atoms with E-state index in [0.717, 1.165) is 31.7 Å². The Bertz CT molecular complexity index is 685. The minimum atomic E-state index is 0.261. The summed E-state index contributed by atoms with van der Waals surface area (Å²) < 4.78 is 0. The van der Waals surface area contributed by atoms with Crippen LogP contribution in [0, 0.1) is 0 Å². The van der Waals surface area contributed by atoms with Crippen LogP contribution >= 0.6 is 0 Å². The number of phenolic OH excluding ortho intramolecular Hbond substituents is 1. The Morgan fingerprint density at radius 1 is 0.864 bits per heavy atom. The number of hydrogen-bond donors (Lipinski definition) is 1. The van der Waals surface area contributed by atoms with Crippen LogP contribution in [0.3, 0.4) is 0 Å². The van der Waals surface area contributed by atoms with Crippen LogP contribution in [0.25, 0.3) is 0 Å². The molecule has 2 aromatic rings. The van der Waals surface area contributed by atoms with Gasteiger partial charge >= 0.3 is 0 Å². The smallest absolute Gasteiger partial charge is 0.119 e. The number of piperazine rings is 1. The van der Waals surface area contributed by atoms with E-state index in [4.69, 9.17) is 0 Å². The number of benzene rings is 2. The van der Waals surface area contributed by atoms with E-state index in [1.807, 2.05) is 12.1 Å². The third-order valence-corrected chi connectivity index (χ3v) is 5.15. The molecule has 0 bridgehead atoms. The molecular weight excluding hydrogens is 272 g/mol. The molecule has 3 heteroatoms. The maximum absolute atomic E-state index is 10.3. The molecule has 22 heavy (non-hydrogen) atoms. The molecule has 0 unspecified atom stereocenters. The zero-order chi connectivity index (χ0) is 15.1. The van der Waals surface area contributed by atoms with E-state index in [9.17, 15) is 5.11 Å². The van der Waals surface area contributed by atoms with Gasteiger partial charge in [-0.05, 0) is 24.2 Å². The molecule has 114 valence electrons. The molecule has 1 N–H and O–H groups in total. The van der Waals surface area contributed by atoms with Crippen LogP contribution in [0.1, 0.15) is 28.7 Å². The second kappa shape index (κ2) is 5.41. The summed E-state index contributed by atoms with van der Waals surface area (Å²) in [5, 5.41) is 10.3. The molecule has 0 radical (unpaired) electrons. The van der Waals surface area contributed by atoms with Crippen molar-refractivity contribution in [3.05, 3.63) is 65.2 Å². The Balaban J connectivity index is 1.81. The molecular formula is C19H22N2O. The van der Waals surface area contributed by atoms with Gasteiger partial charge in [-0.25, -0.2) is 0 Å². The van der Waals surface area contributed by atoms with E-state index in [1.54, 1.807) is 6.07 Å². The van der Waals surface area contributed by atoms with E-state index in [0.29, 0.717) is 11.8 Å². The Kier molecular flexibility index (Phi) is 3.40. The molecule has 3 nitrogen and oxygen atoms in total. The number of phenols is 1. The van der Waals surface area contributed by atoms with Gasteiger partial charge in [0.25, 0.3) is 0 Å². The number of nitrogens with zero attached hydrogens (tertiary/aromatic N) is 2. The fourth-order valence-corrected chi connectivity index (χ4v) is 3.98. The Morgan fingerprint density at radius 2 is 1.55 bits per heavy atom. The van der Waals surface area contributed by atoms with Crippen molar-refractivity contribution >= 4 is 0 Å². The molecule has 0 amide bonds. The molecule has 4 rings (SSSR count). The van der Waals surface area contributed by atoms with Crippen molar-refractivity contribution in [3.63, 3.8) is 0 Å². The first-order chi connectivity index (χ1) is 10.7. The first kappa shape index (κ1) is 13.8. The second-order valence-corrected chi connectivity index (χ2v) is 6.51. The molecule has 0 spiro atoms. The summed E-state index contributed by atoms with van der Waals surface area (Å²) in [7, 11) is 2.20. The van der Waals surface area contributed by atoms with Crippen molar-refractivity contribution in [2.45, 2.75) is 12.0 Å². The maximum Gasteiger partial charge on any atom is 0.119 e. The van der Waals surface area contributed by atoms with Crippen molar-refractivity contribution in [2.75, 3.05) is 33.2 Å². The highest BCUT2D eigenvalue weighted by atomic mass is 16.3. The molecule has 2 aliphatic heterocycles. The molecule has 1 fully saturated rings. The summed E-state index contributed by atoms with van der Waals surface area (Å²) in [4.78, 5) is 5.00. The average molecular weight is 294 g/mol. The summed E-state index contributed by atoms with van der Waals surface area (Å²) in [5.41, 5.74) is 3.85. The van der Waals surface area contributed by atoms with E-state index < -0.39 is 0 Å². The van der Waals surface area contributed by atoms with Crippen molar-refractivity contribution in [3.8, 4) is 5.75 Å². The first-order valence-electron chi connectivity index (χ1n) is 8.03. The van der Waals surface area contributed by atoms with Crippen LogP contribution < -0.4 is 0 Å². The highest BCUT2D eigenvalue weighted by Gasteiger charge is 2.36. The van der Waals surface area contributed by atoms with Crippen LogP contribution in [0.4, 0.5) is 0 Å². The Labute approximate surface area is 131 Å². The van der Waals surface area contributed by atoms with Crippen LogP contribution in [0.2, 0.25) is 0 Å². The molecule has 2 atom stereocenters. The number of para-hydroxylation sites is 1. The van der Waals surface area contributed by atoms with Crippen molar-refractivity contribution in [1.29, 1.82) is 0 Å². The van der Waals surface area contributed by atoms with Crippen LogP contribution in [-0.4, -0.2) is 48.1 Å². The van der Waals surface area contributed by atoms with Gasteiger partial charge in [0.15, 0.2) is 0 Å². The molecule has 2 heterocycles. The van der Waals surface area contributed by atoms with Gasteiger partial charge < -0.3 is 10.0 Å². The zero-order valence-electron chi connectivity index (χ0n) is 12.9. The lowest BCUT2D eigenvalue weighted by Gasteiger charge is -2.46. The van der Waals surface area contributed by atoms with Gasteiger partial charge in [0.1, 0.15) is 5.75 Å². The normalized spacial score (nSPS) is 25.5. The van der Waals surface area contributed by atoms with Gasteiger partial charge in [-0.3, -0.25) is 4.90 Å².